The van der Waals surface area contributed by atoms with E-state index in [0.717, 1.165) is 40.7 Å². The van der Waals surface area contributed by atoms with E-state index in [4.69, 9.17) is 16.3 Å². The van der Waals surface area contributed by atoms with E-state index in [1.54, 1.807) is 6.07 Å². The van der Waals surface area contributed by atoms with Crippen LogP contribution in [-0.4, -0.2) is 20.9 Å². The molecule has 0 atom stereocenters. The second-order valence-electron chi connectivity index (χ2n) is 7.28. The van der Waals surface area contributed by atoms with Crippen molar-refractivity contribution in [3.63, 3.8) is 0 Å². The van der Waals surface area contributed by atoms with Crippen molar-refractivity contribution in [2.24, 2.45) is 0 Å². The molecule has 0 spiro atoms. The van der Waals surface area contributed by atoms with E-state index < -0.39 is 0 Å². The van der Waals surface area contributed by atoms with E-state index in [1.807, 2.05) is 34.9 Å². The molecule has 7 heteroatoms. The molecule has 0 aliphatic heterocycles. The fraction of sp³-hybridized carbons (Fsp3) is 0.304. The molecule has 1 aliphatic carbocycles. The summed E-state index contributed by atoms with van der Waals surface area (Å²) in [5.41, 5.74) is 1.82. The summed E-state index contributed by atoms with van der Waals surface area (Å²) in [7, 11) is 0. The zero-order valence-corrected chi connectivity index (χ0v) is 18.1. The number of ether oxygens (including phenoxy) is 1. The van der Waals surface area contributed by atoms with Gasteiger partial charge in [0.05, 0.1) is 6.10 Å². The quantitative estimate of drug-likeness (QED) is 0.293. The summed E-state index contributed by atoms with van der Waals surface area (Å²) in [6.07, 6.45) is 6.91. The van der Waals surface area contributed by atoms with Gasteiger partial charge in [0.25, 0.3) is 0 Å². The number of hydrogen-bond donors (Lipinski definition) is 0. The fourth-order valence-electron chi connectivity index (χ4n) is 3.56. The van der Waals surface area contributed by atoms with Crippen molar-refractivity contribution in [2.45, 2.75) is 49.2 Å². The van der Waals surface area contributed by atoms with Crippen LogP contribution in [0.2, 0.25) is 5.02 Å². The third-order valence-corrected chi connectivity index (χ3v) is 6.49. The number of benzene rings is 2. The highest BCUT2D eigenvalue weighted by Gasteiger charge is 2.17. The zero-order valence-electron chi connectivity index (χ0n) is 16.6. The highest BCUT2D eigenvalue weighted by atomic mass is 35.5. The lowest BCUT2D eigenvalue weighted by atomic mass is 10.2. The largest absolute Gasteiger partial charge is 0.490 e. The molecule has 0 saturated heterocycles. The number of hydrogen-bond acceptors (Lipinski definition) is 4. The van der Waals surface area contributed by atoms with Gasteiger partial charge in [0, 0.05) is 22.9 Å². The molecule has 1 fully saturated rings. The van der Waals surface area contributed by atoms with Crippen LogP contribution in [0.1, 0.15) is 31.2 Å². The van der Waals surface area contributed by atoms with Crippen molar-refractivity contribution >= 4 is 23.4 Å². The average Bonchev–Trinajstić information content (AvgIpc) is 3.39. The van der Waals surface area contributed by atoms with Crippen molar-refractivity contribution in [3.8, 4) is 17.1 Å². The minimum atomic E-state index is -0.341. The molecule has 1 saturated carbocycles. The Hall–Kier alpha value is -2.31. The molecule has 4 nitrogen and oxygen atoms in total. The normalized spacial score (nSPS) is 14.2. The Morgan fingerprint density at radius 1 is 1.17 bits per heavy atom. The predicted molar refractivity (Wildman–Crippen MR) is 120 cm³/mol. The standard InChI is InChI=1S/C23H23ClFN3OS/c1-2-13-28-22(16-8-11-20(12-9-16)29-19-5-3-4-6-19)26-27-23(28)30-15-17-7-10-18(25)14-21(17)24/h2,7-12,14,19H,1,3-6,13,15H2. The Bertz CT molecular complexity index is 1020. The highest BCUT2D eigenvalue weighted by molar-refractivity contribution is 7.98. The second kappa shape index (κ2) is 9.67. The summed E-state index contributed by atoms with van der Waals surface area (Å²) in [5.74, 6) is 1.89. The molecule has 1 heterocycles. The third kappa shape index (κ3) is 4.87. The monoisotopic (exact) mass is 443 g/mol. The molecule has 1 aliphatic rings. The van der Waals surface area contributed by atoms with Gasteiger partial charge in [-0.2, -0.15) is 0 Å². The van der Waals surface area contributed by atoms with Crippen LogP contribution in [0.3, 0.4) is 0 Å². The van der Waals surface area contributed by atoms with Gasteiger partial charge >= 0.3 is 0 Å². The number of aromatic nitrogens is 3. The maximum atomic E-state index is 13.3. The average molecular weight is 444 g/mol. The molecule has 30 heavy (non-hydrogen) atoms. The Labute approximate surface area is 185 Å². The number of thioether (sulfide) groups is 1. The Morgan fingerprint density at radius 3 is 2.63 bits per heavy atom. The maximum Gasteiger partial charge on any atom is 0.192 e. The van der Waals surface area contributed by atoms with Crippen LogP contribution < -0.4 is 4.74 Å². The minimum Gasteiger partial charge on any atom is -0.490 e. The molecule has 1 aromatic heterocycles. The first-order chi connectivity index (χ1) is 14.6. The Kier molecular flexibility index (Phi) is 6.75. The maximum absolute atomic E-state index is 13.3. The lowest BCUT2D eigenvalue weighted by Crippen LogP contribution is -2.10. The van der Waals surface area contributed by atoms with Crippen molar-refractivity contribution in [2.75, 3.05) is 0 Å². The van der Waals surface area contributed by atoms with E-state index in [0.29, 0.717) is 23.4 Å². The lowest BCUT2D eigenvalue weighted by molar-refractivity contribution is 0.210. The Balaban J connectivity index is 1.50. The van der Waals surface area contributed by atoms with Gasteiger partial charge in [-0.3, -0.25) is 4.57 Å². The van der Waals surface area contributed by atoms with E-state index >= 15 is 0 Å². The zero-order chi connectivity index (χ0) is 20.9. The van der Waals surface area contributed by atoms with E-state index in [9.17, 15) is 4.39 Å². The van der Waals surface area contributed by atoms with Crippen LogP contribution in [0.5, 0.6) is 5.75 Å². The molecule has 2 aromatic carbocycles. The molecule has 3 aromatic rings. The first-order valence-corrected chi connectivity index (χ1v) is 11.4. The lowest BCUT2D eigenvalue weighted by Gasteiger charge is -2.13. The van der Waals surface area contributed by atoms with Gasteiger partial charge in [-0.15, -0.1) is 16.8 Å². The number of nitrogens with zero attached hydrogens (tertiary/aromatic N) is 3. The molecular formula is C23H23ClFN3OS. The molecular weight excluding hydrogens is 421 g/mol. The number of allylic oxidation sites excluding steroid dienone is 1. The van der Waals surface area contributed by atoms with Crippen LogP contribution in [0.4, 0.5) is 4.39 Å². The summed E-state index contributed by atoms with van der Waals surface area (Å²) < 4.78 is 21.3. The highest BCUT2D eigenvalue weighted by Crippen LogP contribution is 2.30. The summed E-state index contributed by atoms with van der Waals surface area (Å²) >= 11 is 7.66. The molecule has 0 bridgehead atoms. The summed E-state index contributed by atoms with van der Waals surface area (Å²) in [6.45, 7) is 4.44. The first-order valence-electron chi connectivity index (χ1n) is 10.0. The van der Waals surface area contributed by atoms with Crippen molar-refractivity contribution in [1.82, 2.24) is 14.8 Å². The van der Waals surface area contributed by atoms with Gasteiger partial charge < -0.3 is 4.74 Å². The summed E-state index contributed by atoms with van der Waals surface area (Å²) in [5, 5.41) is 9.93. The molecule has 156 valence electrons. The molecule has 0 N–H and O–H groups in total. The second-order valence-corrected chi connectivity index (χ2v) is 8.63. The van der Waals surface area contributed by atoms with Gasteiger partial charge in [-0.1, -0.05) is 35.5 Å². The smallest absolute Gasteiger partial charge is 0.192 e. The van der Waals surface area contributed by atoms with Gasteiger partial charge in [-0.05, 0) is 67.6 Å². The minimum absolute atomic E-state index is 0.335. The SMILES string of the molecule is C=CCn1c(SCc2ccc(F)cc2Cl)nnc1-c1ccc(OC2CCCC2)cc1. The molecule has 0 radical (unpaired) electrons. The van der Waals surface area contributed by atoms with E-state index in [-0.39, 0.29) is 5.82 Å². The molecule has 0 unspecified atom stereocenters. The van der Waals surface area contributed by atoms with Crippen molar-refractivity contribution < 1.29 is 9.13 Å². The third-order valence-electron chi connectivity index (χ3n) is 5.12. The summed E-state index contributed by atoms with van der Waals surface area (Å²) in [6, 6.07) is 12.4. The van der Waals surface area contributed by atoms with Crippen LogP contribution in [0.25, 0.3) is 11.4 Å². The topological polar surface area (TPSA) is 39.9 Å². The van der Waals surface area contributed by atoms with Gasteiger partial charge in [0.2, 0.25) is 0 Å². The number of rotatable bonds is 8. The van der Waals surface area contributed by atoms with Gasteiger partial charge in [0.15, 0.2) is 11.0 Å². The fourth-order valence-corrected chi connectivity index (χ4v) is 4.83. The van der Waals surface area contributed by atoms with Crippen LogP contribution in [-0.2, 0) is 12.3 Å². The number of halogens is 2. The van der Waals surface area contributed by atoms with Crippen LogP contribution >= 0.6 is 23.4 Å². The van der Waals surface area contributed by atoms with Crippen molar-refractivity contribution in [1.29, 1.82) is 0 Å². The van der Waals surface area contributed by atoms with E-state index in [2.05, 4.69) is 16.8 Å². The predicted octanol–water partition coefficient (Wildman–Crippen LogP) is 6.54. The van der Waals surface area contributed by atoms with Gasteiger partial charge in [0.1, 0.15) is 11.6 Å². The van der Waals surface area contributed by atoms with E-state index in [1.165, 1.54) is 36.7 Å². The van der Waals surface area contributed by atoms with Crippen LogP contribution in [0, 0.1) is 5.82 Å². The first kappa shape index (κ1) is 20.9. The Morgan fingerprint density at radius 2 is 1.93 bits per heavy atom. The van der Waals surface area contributed by atoms with Gasteiger partial charge in [-0.25, -0.2) is 4.39 Å². The molecule has 4 rings (SSSR count). The summed E-state index contributed by atoms with van der Waals surface area (Å²) in [4.78, 5) is 0. The van der Waals surface area contributed by atoms with Crippen LogP contribution in [0.15, 0.2) is 60.3 Å². The van der Waals surface area contributed by atoms with Crippen molar-refractivity contribution in [3.05, 3.63) is 71.5 Å². The molecule has 0 amide bonds.